The van der Waals surface area contributed by atoms with Gasteiger partial charge in [-0.1, -0.05) is 17.7 Å². The molecule has 1 heterocycles. The lowest BCUT2D eigenvalue weighted by molar-refractivity contribution is 0.0827. The third-order valence-electron chi connectivity index (χ3n) is 2.74. The van der Waals surface area contributed by atoms with Crippen molar-refractivity contribution in [1.29, 1.82) is 0 Å². The first-order valence-corrected chi connectivity index (χ1v) is 6.61. The van der Waals surface area contributed by atoms with Gasteiger partial charge < -0.3 is 10.2 Å². The van der Waals surface area contributed by atoms with E-state index in [1.807, 2.05) is 0 Å². The van der Waals surface area contributed by atoms with Gasteiger partial charge in [-0.15, -0.1) is 0 Å². The van der Waals surface area contributed by atoms with E-state index in [2.05, 4.69) is 10.3 Å². The van der Waals surface area contributed by atoms with Crippen LogP contribution in [0.1, 0.15) is 20.8 Å². The summed E-state index contributed by atoms with van der Waals surface area (Å²) < 4.78 is 0. The van der Waals surface area contributed by atoms with Crippen LogP contribution in [0.25, 0.3) is 0 Å². The van der Waals surface area contributed by atoms with E-state index < -0.39 is 0 Å². The van der Waals surface area contributed by atoms with Crippen molar-refractivity contribution in [2.24, 2.45) is 0 Å². The number of hydrogen-bond acceptors (Lipinski definition) is 3. The molecule has 0 radical (unpaired) electrons. The molecule has 2 aromatic rings. The van der Waals surface area contributed by atoms with Gasteiger partial charge in [0.2, 0.25) is 0 Å². The fourth-order valence-electron chi connectivity index (χ4n) is 1.68. The number of rotatable bonds is 3. The second kappa shape index (κ2) is 6.37. The van der Waals surface area contributed by atoms with Crippen molar-refractivity contribution in [1.82, 2.24) is 9.88 Å². The maximum atomic E-state index is 12.0. The zero-order chi connectivity index (χ0) is 15.4. The second-order valence-corrected chi connectivity index (χ2v) is 4.96. The van der Waals surface area contributed by atoms with Gasteiger partial charge in [0.25, 0.3) is 11.8 Å². The van der Waals surface area contributed by atoms with E-state index in [1.165, 1.54) is 4.90 Å². The smallest absolute Gasteiger partial charge is 0.274 e. The van der Waals surface area contributed by atoms with E-state index in [0.717, 1.165) is 0 Å². The molecule has 0 bridgehead atoms. The fourth-order valence-corrected chi connectivity index (χ4v) is 1.85. The first-order chi connectivity index (χ1) is 9.97. The average Bonchev–Trinajstić information content (AvgIpc) is 2.47. The number of pyridine rings is 1. The Hall–Kier alpha value is -2.40. The zero-order valence-corrected chi connectivity index (χ0v) is 12.4. The molecule has 108 valence electrons. The monoisotopic (exact) mass is 303 g/mol. The van der Waals surface area contributed by atoms with E-state index in [-0.39, 0.29) is 22.7 Å². The molecular formula is C15H14ClN3O2. The molecular weight excluding hydrogens is 290 g/mol. The number of benzene rings is 1. The predicted octanol–water partition coefficient (Wildman–Crippen LogP) is 2.69. The lowest BCUT2D eigenvalue weighted by atomic mass is 10.2. The van der Waals surface area contributed by atoms with Gasteiger partial charge in [0.05, 0.1) is 0 Å². The van der Waals surface area contributed by atoms with Crippen LogP contribution >= 0.6 is 11.6 Å². The standard InChI is InChI=1S/C15H14ClN3O2/c1-19(2)15(21)10-6-8-11(9-7-10)17-14(20)12-4-3-5-13(16)18-12/h3-9H,1-2H3,(H,17,20). The number of carbonyl (C=O) groups excluding carboxylic acids is 2. The summed E-state index contributed by atoms with van der Waals surface area (Å²) in [7, 11) is 3.37. The molecule has 2 rings (SSSR count). The van der Waals surface area contributed by atoms with Crippen molar-refractivity contribution in [3.05, 3.63) is 58.9 Å². The van der Waals surface area contributed by atoms with Gasteiger partial charge in [-0.2, -0.15) is 0 Å². The molecule has 2 amide bonds. The summed E-state index contributed by atoms with van der Waals surface area (Å²) >= 11 is 5.74. The normalized spacial score (nSPS) is 10.0. The molecule has 0 saturated carbocycles. The molecule has 1 aromatic heterocycles. The summed E-state index contributed by atoms with van der Waals surface area (Å²) in [5.41, 5.74) is 1.37. The summed E-state index contributed by atoms with van der Waals surface area (Å²) in [6.45, 7) is 0. The Labute approximate surface area is 127 Å². The minimum Gasteiger partial charge on any atom is -0.345 e. The maximum absolute atomic E-state index is 12.0. The summed E-state index contributed by atoms with van der Waals surface area (Å²) in [6.07, 6.45) is 0. The van der Waals surface area contributed by atoms with Crippen LogP contribution < -0.4 is 5.32 Å². The number of halogens is 1. The van der Waals surface area contributed by atoms with Crippen LogP contribution in [-0.2, 0) is 0 Å². The Morgan fingerprint density at radius 2 is 1.76 bits per heavy atom. The molecule has 21 heavy (non-hydrogen) atoms. The van der Waals surface area contributed by atoms with Gasteiger partial charge in [0, 0.05) is 25.3 Å². The SMILES string of the molecule is CN(C)C(=O)c1ccc(NC(=O)c2cccc(Cl)n2)cc1. The molecule has 0 unspecified atom stereocenters. The highest BCUT2D eigenvalue weighted by Crippen LogP contribution is 2.13. The molecule has 1 N–H and O–H groups in total. The van der Waals surface area contributed by atoms with Gasteiger partial charge in [-0.3, -0.25) is 9.59 Å². The van der Waals surface area contributed by atoms with E-state index in [1.54, 1.807) is 56.6 Å². The fraction of sp³-hybridized carbons (Fsp3) is 0.133. The first-order valence-electron chi connectivity index (χ1n) is 6.23. The molecule has 0 spiro atoms. The van der Waals surface area contributed by atoms with Crippen LogP contribution in [0.4, 0.5) is 5.69 Å². The molecule has 5 nitrogen and oxygen atoms in total. The number of hydrogen-bond donors (Lipinski definition) is 1. The number of anilines is 1. The largest absolute Gasteiger partial charge is 0.345 e. The minimum atomic E-state index is -0.357. The number of carbonyl (C=O) groups is 2. The van der Waals surface area contributed by atoms with Crippen molar-refractivity contribution >= 4 is 29.1 Å². The van der Waals surface area contributed by atoms with E-state index >= 15 is 0 Å². The van der Waals surface area contributed by atoms with Crippen molar-refractivity contribution in [2.75, 3.05) is 19.4 Å². The Kier molecular flexibility index (Phi) is 4.55. The highest BCUT2D eigenvalue weighted by atomic mass is 35.5. The molecule has 0 aliphatic rings. The first kappa shape index (κ1) is 15.0. The van der Waals surface area contributed by atoms with Crippen molar-refractivity contribution in [3.8, 4) is 0 Å². The van der Waals surface area contributed by atoms with Gasteiger partial charge in [0.15, 0.2) is 0 Å². The van der Waals surface area contributed by atoms with Crippen LogP contribution in [-0.4, -0.2) is 35.8 Å². The number of nitrogens with one attached hydrogen (secondary N) is 1. The molecule has 0 saturated heterocycles. The molecule has 1 aromatic carbocycles. The molecule has 0 aliphatic heterocycles. The van der Waals surface area contributed by atoms with Crippen LogP contribution in [0.2, 0.25) is 5.15 Å². The van der Waals surface area contributed by atoms with Crippen molar-refractivity contribution in [3.63, 3.8) is 0 Å². The Morgan fingerprint density at radius 3 is 2.33 bits per heavy atom. The highest BCUT2D eigenvalue weighted by molar-refractivity contribution is 6.29. The Balaban J connectivity index is 2.10. The van der Waals surface area contributed by atoms with E-state index in [0.29, 0.717) is 11.3 Å². The van der Waals surface area contributed by atoms with Crippen molar-refractivity contribution in [2.45, 2.75) is 0 Å². The van der Waals surface area contributed by atoms with Crippen LogP contribution in [0.5, 0.6) is 0 Å². The van der Waals surface area contributed by atoms with Crippen molar-refractivity contribution < 1.29 is 9.59 Å². The van der Waals surface area contributed by atoms with Gasteiger partial charge in [-0.05, 0) is 36.4 Å². The highest BCUT2D eigenvalue weighted by Gasteiger charge is 2.10. The van der Waals surface area contributed by atoms with E-state index in [4.69, 9.17) is 11.6 Å². The van der Waals surface area contributed by atoms with Gasteiger partial charge in [0.1, 0.15) is 10.8 Å². The zero-order valence-electron chi connectivity index (χ0n) is 11.6. The summed E-state index contributed by atoms with van der Waals surface area (Å²) in [6, 6.07) is 11.5. The predicted molar refractivity (Wildman–Crippen MR) is 81.7 cm³/mol. The minimum absolute atomic E-state index is 0.0932. The maximum Gasteiger partial charge on any atom is 0.274 e. The lowest BCUT2D eigenvalue weighted by Crippen LogP contribution is -2.21. The molecule has 6 heteroatoms. The van der Waals surface area contributed by atoms with Gasteiger partial charge in [-0.25, -0.2) is 4.98 Å². The third-order valence-corrected chi connectivity index (χ3v) is 2.95. The number of amides is 2. The second-order valence-electron chi connectivity index (χ2n) is 4.58. The number of aromatic nitrogens is 1. The van der Waals surface area contributed by atoms with Gasteiger partial charge >= 0.3 is 0 Å². The average molecular weight is 304 g/mol. The Bertz CT molecular complexity index is 669. The van der Waals surface area contributed by atoms with Crippen LogP contribution in [0.15, 0.2) is 42.5 Å². The topological polar surface area (TPSA) is 62.3 Å². The van der Waals surface area contributed by atoms with Crippen LogP contribution in [0, 0.1) is 0 Å². The quantitative estimate of drug-likeness (QED) is 0.887. The molecule has 0 atom stereocenters. The summed E-state index contributed by atoms with van der Waals surface area (Å²) in [5.74, 6) is -0.450. The summed E-state index contributed by atoms with van der Waals surface area (Å²) in [4.78, 5) is 29.2. The third kappa shape index (κ3) is 3.79. The van der Waals surface area contributed by atoms with Crippen LogP contribution in [0.3, 0.4) is 0 Å². The molecule has 0 aliphatic carbocycles. The van der Waals surface area contributed by atoms with E-state index in [9.17, 15) is 9.59 Å². The summed E-state index contributed by atoms with van der Waals surface area (Å²) in [5, 5.41) is 2.95. The lowest BCUT2D eigenvalue weighted by Gasteiger charge is -2.11. The number of nitrogens with zero attached hydrogens (tertiary/aromatic N) is 2. The molecule has 0 fully saturated rings. The Morgan fingerprint density at radius 1 is 1.10 bits per heavy atom.